The minimum atomic E-state index is -0.275. The molecule has 1 saturated heterocycles. The second-order valence-electron chi connectivity index (χ2n) is 7.73. The van der Waals surface area contributed by atoms with Crippen LogP contribution in [0.25, 0.3) is 10.9 Å². The predicted molar refractivity (Wildman–Crippen MR) is 117 cm³/mol. The molecule has 1 N–H and O–H groups in total. The maximum absolute atomic E-state index is 12.8. The topological polar surface area (TPSA) is 75.2 Å². The van der Waals surface area contributed by atoms with Gasteiger partial charge in [0, 0.05) is 42.3 Å². The van der Waals surface area contributed by atoms with Gasteiger partial charge in [-0.3, -0.25) is 9.59 Å². The molecule has 1 fully saturated rings. The number of benzene rings is 2. The van der Waals surface area contributed by atoms with Crippen molar-refractivity contribution >= 4 is 28.4 Å². The highest BCUT2D eigenvalue weighted by Crippen LogP contribution is 2.23. The number of hydrogen-bond acceptors (Lipinski definition) is 4. The molecule has 2 aromatic carbocycles. The van der Waals surface area contributed by atoms with Crippen LogP contribution in [0.5, 0.6) is 0 Å². The van der Waals surface area contributed by atoms with Gasteiger partial charge in [-0.05, 0) is 61.7 Å². The average molecular weight is 400 g/mol. The number of hydrogen-bond donors (Lipinski definition) is 1. The van der Waals surface area contributed by atoms with Crippen LogP contribution in [0.2, 0.25) is 0 Å². The molecule has 152 valence electrons. The number of anilines is 1. The number of likely N-dealkylation sites (tertiary alicyclic amines) is 1. The van der Waals surface area contributed by atoms with Gasteiger partial charge in [0.15, 0.2) is 0 Å². The Bertz CT molecular complexity index is 1110. The highest BCUT2D eigenvalue weighted by atomic mass is 16.2. The van der Waals surface area contributed by atoms with E-state index < -0.39 is 0 Å². The van der Waals surface area contributed by atoms with E-state index in [-0.39, 0.29) is 11.8 Å². The fourth-order valence-electron chi connectivity index (χ4n) is 3.80. The number of amides is 2. The zero-order valence-electron chi connectivity index (χ0n) is 17.0. The van der Waals surface area contributed by atoms with Gasteiger partial charge in [0.1, 0.15) is 5.82 Å². The lowest BCUT2D eigenvalue weighted by Crippen LogP contribution is -2.29. The first-order valence-corrected chi connectivity index (χ1v) is 10.1. The van der Waals surface area contributed by atoms with E-state index in [0.717, 1.165) is 36.1 Å². The molecule has 0 radical (unpaired) electrons. The van der Waals surface area contributed by atoms with Gasteiger partial charge in [0.2, 0.25) is 5.91 Å². The van der Waals surface area contributed by atoms with Gasteiger partial charge in [-0.25, -0.2) is 9.97 Å². The molecule has 1 aliphatic heterocycles. The van der Waals surface area contributed by atoms with Crippen LogP contribution in [-0.4, -0.2) is 39.8 Å². The molecule has 6 nitrogen and oxygen atoms in total. The second kappa shape index (κ2) is 8.45. The molecule has 2 amide bonds. The third kappa shape index (κ3) is 4.38. The minimum absolute atomic E-state index is 0.00834. The third-order valence-corrected chi connectivity index (χ3v) is 5.41. The van der Waals surface area contributed by atoms with E-state index in [1.165, 1.54) is 11.6 Å². The zero-order valence-corrected chi connectivity index (χ0v) is 17.0. The molecule has 30 heavy (non-hydrogen) atoms. The second-order valence-corrected chi connectivity index (χ2v) is 7.73. The molecule has 0 bridgehead atoms. The fraction of sp³-hybridized carbons (Fsp3) is 0.250. The van der Waals surface area contributed by atoms with E-state index in [1.54, 1.807) is 24.3 Å². The smallest absolute Gasteiger partial charge is 0.253 e. The number of fused-ring (bicyclic) bond motifs is 1. The van der Waals surface area contributed by atoms with Gasteiger partial charge < -0.3 is 10.2 Å². The van der Waals surface area contributed by atoms with Gasteiger partial charge in [-0.1, -0.05) is 18.2 Å². The van der Waals surface area contributed by atoms with Crippen molar-refractivity contribution in [2.75, 3.05) is 18.4 Å². The molecule has 3 aromatic rings. The van der Waals surface area contributed by atoms with Gasteiger partial charge in [-0.2, -0.15) is 0 Å². The summed E-state index contributed by atoms with van der Waals surface area (Å²) < 4.78 is 0. The van der Waals surface area contributed by atoms with Crippen LogP contribution in [0.4, 0.5) is 5.69 Å². The van der Waals surface area contributed by atoms with Gasteiger partial charge in [0.05, 0.1) is 5.52 Å². The Morgan fingerprint density at radius 3 is 2.80 bits per heavy atom. The standard InChI is InChI=1S/C24H24N4O2/c1-3-23(29)26-20-7-5-18(6-8-20)24(30)28-11-10-17(15-28)13-22-25-14-19-12-16(2)4-9-21(19)27-22/h3-9,12,14,17H,1,10-11,13,15H2,2H3,(H,26,29)/t17-/m0/s1. The Balaban J connectivity index is 1.38. The SMILES string of the molecule is C=CC(=O)Nc1ccc(C(=O)N2CC[C@@H](Cc3ncc4cc(C)ccc4n3)C2)cc1. The Kier molecular flexibility index (Phi) is 5.57. The zero-order chi connectivity index (χ0) is 21.1. The van der Waals surface area contributed by atoms with Crippen LogP contribution in [-0.2, 0) is 11.2 Å². The van der Waals surface area contributed by atoms with Crippen molar-refractivity contribution in [3.63, 3.8) is 0 Å². The fourth-order valence-corrected chi connectivity index (χ4v) is 3.80. The van der Waals surface area contributed by atoms with E-state index in [2.05, 4.69) is 35.9 Å². The monoisotopic (exact) mass is 400 g/mol. The van der Waals surface area contributed by atoms with Crippen LogP contribution >= 0.6 is 0 Å². The number of rotatable bonds is 5. The first-order valence-electron chi connectivity index (χ1n) is 10.1. The highest BCUT2D eigenvalue weighted by molar-refractivity contribution is 5.99. The van der Waals surface area contributed by atoms with Crippen molar-refractivity contribution in [1.82, 2.24) is 14.9 Å². The number of aryl methyl sites for hydroxylation is 1. The summed E-state index contributed by atoms with van der Waals surface area (Å²) in [5, 5.41) is 3.73. The Morgan fingerprint density at radius 1 is 1.23 bits per heavy atom. The number of aromatic nitrogens is 2. The molecule has 0 spiro atoms. The van der Waals surface area contributed by atoms with E-state index >= 15 is 0 Å². The lowest BCUT2D eigenvalue weighted by molar-refractivity contribution is -0.111. The summed E-state index contributed by atoms with van der Waals surface area (Å²) in [6.45, 7) is 6.91. The van der Waals surface area contributed by atoms with Crippen LogP contribution in [0.3, 0.4) is 0 Å². The van der Waals surface area contributed by atoms with Crippen molar-refractivity contribution in [2.24, 2.45) is 5.92 Å². The molecule has 0 unspecified atom stereocenters. The number of nitrogens with zero attached hydrogens (tertiary/aromatic N) is 3. The molecule has 0 saturated carbocycles. The maximum Gasteiger partial charge on any atom is 0.253 e. The lowest BCUT2D eigenvalue weighted by Gasteiger charge is -2.17. The van der Waals surface area contributed by atoms with Gasteiger partial charge in [-0.15, -0.1) is 0 Å². The maximum atomic E-state index is 12.8. The summed E-state index contributed by atoms with van der Waals surface area (Å²) in [5.41, 5.74) is 3.41. The van der Waals surface area contributed by atoms with E-state index in [0.29, 0.717) is 23.7 Å². The van der Waals surface area contributed by atoms with Crippen molar-refractivity contribution in [3.8, 4) is 0 Å². The van der Waals surface area contributed by atoms with Crippen molar-refractivity contribution in [2.45, 2.75) is 19.8 Å². The quantitative estimate of drug-likeness (QED) is 0.662. The summed E-state index contributed by atoms with van der Waals surface area (Å²) in [6.07, 6.45) is 4.80. The number of nitrogens with one attached hydrogen (secondary N) is 1. The predicted octanol–water partition coefficient (Wildman–Crippen LogP) is 3.77. The van der Waals surface area contributed by atoms with Gasteiger partial charge >= 0.3 is 0 Å². The molecular weight excluding hydrogens is 376 g/mol. The minimum Gasteiger partial charge on any atom is -0.338 e. The number of carbonyl (C=O) groups is 2. The van der Waals surface area contributed by atoms with Crippen LogP contribution < -0.4 is 5.32 Å². The van der Waals surface area contributed by atoms with Crippen molar-refractivity contribution in [3.05, 3.63) is 78.3 Å². The summed E-state index contributed by atoms with van der Waals surface area (Å²) in [5.74, 6) is 0.910. The van der Waals surface area contributed by atoms with Crippen LogP contribution in [0.1, 0.15) is 28.2 Å². The first kappa shape index (κ1) is 19.8. The summed E-state index contributed by atoms with van der Waals surface area (Å²) in [6, 6.07) is 13.1. The summed E-state index contributed by atoms with van der Waals surface area (Å²) in [7, 11) is 0. The Labute approximate surface area is 175 Å². The molecule has 1 atom stereocenters. The van der Waals surface area contributed by atoms with Crippen LogP contribution in [0.15, 0.2) is 61.3 Å². The molecular formula is C24H24N4O2. The molecule has 1 aliphatic rings. The molecule has 0 aliphatic carbocycles. The number of carbonyl (C=O) groups excluding carboxylic acids is 2. The Hall–Kier alpha value is -3.54. The molecule has 2 heterocycles. The lowest BCUT2D eigenvalue weighted by atomic mass is 10.0. The van der Waals surface area contributed by atoms with Crippen LogP contribution in [0, 0.1) is 12.8 Å². The van der Waals surface area contributed by atoms with E-state index in [1.807, 2.05) is 17.2 Å². The molecule has 6 heteroatoms. The summed E-state index contributed by atoms with van der Waals surface area (Å²) >= 11 is 0. The van der Waals surface area contributed by atoms with E-state index in [9.17, 15) is 9.59 Å². The van der Waals surface area contributed by atoms with Crippen molar-refractivity contribution < 1.29 is 9.59 Å². The van der Waals surface area contributed by atoms with E-state index in [4.69, 9.17) is 4.98 Å². The molecule has 1 aromatic heterocycles. The normalized spacial score (nSPS) is 15.9. The third-order valence-electron chi connectivity index (χ3n) is 5.41. The molecule has 4 rings (SSSR count). The largest absolute Gasteiger partial charge is 0.338 e. The highest BCUT2D eigenvalue weighted by Gasteiger charge is 2.27. The van der Waals surface area contributed by atoms with Gasteiger partial charge in [0.25, 0.3) is 5.91 Å². The van der Waals surface area contributed by atoms with Crippen molar-refractivity contribution in [1.29, 1.82) is 0 Å². The Morgan fingerprint density at radius 2 is 2.03 bits per heavy atom. The first-order chi connectivity index (χ1) is 14.5. The summed E-state index contributed by atoms with van der Waals surface area (Å²) in [4.78, 5) is 35.3. The average Bonchev–Trinajstić information content (AvgIpc) is 3.22.